The number of imide groups is 1. The maximum atomic E-state index is 14.4. The minimum atomic E-state index is -0.720. The third-order valence-electron chi connectivity index (χ3n) is 8.52. The zero-order chi connectivity index (χ0) is 29.3. The highest BCUT2D eigenvalue weighted by Crippen LogP contribution is 2.61. The van der Waals surface area contributed by atoms with Gasteiger partial charge >= 0.3 is 0 Å². The summed E-state index contributed by atoms with van der Waals surface area (Å²) in [5.41, 5.74) is 4.30. The van der Waals surface area contributed by atoms with Crippen LogP contribution in [0, 0.1) is 11.8 Å². The van der Waals surface area contributed by atoms with Crippen molar-refractivity contribution in [3.63, 3.8) is 0 Å². The van der Waals surface area contributed by atoms with Crippen LogP contribution in [0.4, 0.5) is 0 Å². The van der Waals surface area contributed by atoms with Gasteiger partial charge in [-0.15, -0.1) is 0 Å². The van der Waals surface area contributed by atoms with Crippen LogP contribution in [0.1, 0.15) is 54.8 Å². The van der Waals surface area contributed by atoms with Crippen LogP contribution in [0.15, 0.2) is 91.0 Å². The van der Waals surface area contributed by atoms with E-state index in [1.165, 1.54) is 42.5 Å². The predicted molar refractivity (Wildman–Crippen MR) is 159 cm³/mol. The first-order valence-corrected chi connectivity index (χ1v) is 14.5. The Kier molecular flexibility index (Phi) is 6.46. The molecular weight excluding hydrogens is 595 g/mol. The van der Waals surface area contributed by atoms with Crippen LogP contribution in [0.3, 0.4) is 0 Å². The first kappa shape index (κ1) is 26.9. The molecule has 1 fully saturated rings. The van der Waals surface area contributed by atoms with E-state index in [1.54, 1.807) is 0 Å². The highest BCUT2D eigenvalue weighted by Gasteiger charge is 2.63. The lowest BCUT2D eigenvalue weighted by Crippen LogP contribution is -2.52. The fraction of sp³-hybridized carbons (Fsp3) is 0.152. The van der Waals surface area contributed by atoms with Crippen molar-refractivity contribution in [2.45, 2.75) is 11.8 Å². The van der Waals surface area contributed by atoms with Gasteiger partial charge in [-0.3, -0.25) is 19.2 Å². The lowest BCUT2D eigenvalue weighted by Gasteiger charge is -2.45. The van der Waals surface area contributed by atoms with Gasteiger partial charge in [0.25, 0.3) is 17.7 Å². The summed E-state index contributed by atoms with van der Waals surface area (Å²) in [5.74, 6) is -4.42. The number of amides is 3. The number of halogens is 3. The van der Waals surface area contributed by atoms with E-state index in [0.29, 0.717) is 10.0 Å². The van der Waals surface area contributed by atoms with Crippen molar-refractivity contribution < 1.29 is 19.2 Å². The number of benzene rings is 4. The van der Waals surface area contributed by atoms with E-state index in [1.807, 2.05) is 48.5 Å². The average Bonchev–Trinajstić information content (AvgIpc) is 3.25. The smallest absolute Gasteiger partial charge is 0.273 e. The topological polar surface area (TPSA) is 74.8 Å². The number of hydrogen-bond donors (Lipinski definition) is 0. The number of hydrazine groups is 1. The molecule has 0 unspecified atom stereocenters. The van der Waals surface area contributed by atoms with Crippen LogP contribution in [0.5, 0.6) is 0 Å². The molecule has 1 heterocycles. The maximum absolute atomic E-state index is 14.4. The van der Waals surface area contributed by atoms with E-state index in [2.05, 4.69) is 0 Å². The Balaban J connectivity index is 1.33. The van der Waals surface area contributed by atoms with Crippen molar-refractivity contribution >= 4 is 58.3 Å². The van der Waals surface area contributed by atoms with Gasteiger partial charge in [-0.2, -0.15) is 5.01 Å². The van der Waals surface area contributed by atoms with E-state index < -0.39 is 41.9 Å². The predicted octanol–water partition coefficient (Wildman–Crippen LogP) is 6.78. The Labute approximate surface area is 256 Å². The molecule has 8 rings (SSSR count). The molecule has 42 heavy (non-hydrogen) atoms. The molecule has 0 radical (unpaired) electrons. The van der Waals surface area contributed by atoms with Crippen LogP contribution in [-0.4, -0.2) is 40.1 Å². The summed E-state index contributed by atoms with van der Waals surface area (Å²) in [6, 6.07) is 26.2. The highest BCUT2D eigenvalue weighted by atomic mass is 35.5. The van der Waals surface area contributed by atoms with Gasteiger partial charge in [0.15, 0.2) is 5.78 Å². The summed E-state index contributed by atoms with van der Waals surface area (Å²) >= 11 is 18.4. The zero-order valence-electron chi connectivity index (χ0n) is 21.8. The molecule has 2 atom stereocenters. The van der Waals surface area contributed by atoms with Crippen LogP contribution in [0.25, 0.3) is 0 Å². The number of ketones is 1. The average molecular weight is 616 g/mol. The summed E-state index contributed by atoms with van der Waals surface area (Å²) < 4.78 is 0. The molecule has 1 aliphatic heterocycles. The van der Waals surface area contributed by atoms with Gasteiger partial charge in [-0.25, -0.2) is 5.01 Å². The van der Waals surface area contributed by atoms with Crippen molar-refractivity contribution in [2.24, 2.45) is 11.8 Å². The first-order chi connectivity index (χ1) is 20.3. The fourth-order valence-corrected chi connectivity index (χ4v) is 7.45. The Morgan fingerprint density at radius 2 is 1.14 bits per heavy atom. The SMILES string of the molecule is O=C(CN(C(=O)c1ccc(Cl)cc1)N1C(=O)[C@H]2C3c4ccccc4C(c4ccccc43)[C@@H]2C1=O)c1ccc(Cl)cc1Cl. The maximum Gasteiger partial charge on any atom is 0.273 e. The molecule has 9 heteroatoms. The Hall–Kier alpha value is -3.97. The molecule has 0 N–H and O–H groups in total. The van der Waals surface area contributed by atoms with Gasteiger partial charge in [0.2, 0.25) is 0 Å². The van der Waals surface area contributed by atoms with E-state index in [-0.39, 0.29) is 28.0 Å². The molecule has 2 bridgehead atoms. The summed E-state index contributed by atoms with van der Waals surface area (Å²) in [5, 5.41) is 2.70. The Morgan fingerprint density at radius 3 is 1.62 bits per heavy atom. The minimum Gasteiger partial charge on any atom is -0.292 e. The van der Waals surface area contributed by atoms with Crippen molar-refractivity contribution in [1.29, 1.82) is 0 Å². The molecule has 0 spiro atoms. The standard InChI is InChI=1S/C33H21Cl3N2O4/c34-18-11-9-17(10-12-18)31(40)37(16-26(39)24-14-13-19(35)15-25(24)36)38-32(41)29-27-20-5-1-2-6-21(20)28(30(29)33(38)42)23-8-4-3-7-22(23)27/h1-15,27-30H,16H2/t27?,28?,29-,30-/m0/s1. The number of Topliss-reactive ketones (excluding diaryl/α,β-unsaturated/α-hetero) is 1. The lowest BCUT2D eigenvalue weighted by atomic mass is 9.55. The molecule has 0 aromatic heterocycles. The second kappa shape index (κ2) is 10.1. The fourth-order valence-electron chi connectivity index (χ4n) is 6.81. The first-order valence-electron chi connectivity index (χ1n) is 13.4. The van der Waals surface area contributed by atoms with Crippen LogP contribution >= 0.6 is 34.8 Å². The van der Waals surface area contributed by atoms with Gasteiger partial charge in [-0.1, -0.05) is 83.3 Å². The van der Waals surface area contributed by atoms with Crippen molar-refractivity contribution in [3.8, 4) is 0 Å². The summed E-state index contributed by atoms with van der Waals surface area (Å²) in [4.78, 5) is 56.3. The number of nitrogens with zero attached hydrogens (tertiary/aromatic N) is 2. The van der Waals surface area contributed by atoms with Crippen LogP contribution in [0.2, 0.25) is 15.1 Å². The molecule has 4 aromatic carbocycles. The second-order valence-corrected chi connectivity index (χ2v) is 12.0. The van der Waals surface area contributed by atoms with Crippen molar-refractivity contribution in [3.05, 3.63) is 139 Å². The normalized spacial score (nSPS) is 21.5. The summed E-state index contributed by atoms with van der Waals surface area (Å²) in [6.07, 6.45) is 0. The molecule has 4 aliphatic rings. The third-order valence-corrected chi connectivity index (χ3v) is 9.32. The molecule has 4 aromatic rings. The van der Waals surface area contributed by atoms with E-state index in [0.717, 1.165) is 32.3 Å². The molecule has 208 valence electrons. The monoisotopic (exact) mass is 614 g/mol. The molecule has 1 saturated heterocycles. The number of rotatable bonds is 5. The van der Waals surface area contributed by atoms with Gasteiger partial charge in [0, 0.05) is 33.0 Å². The molecule has 3 amide bonds. The molecule has 6 nitrogen and oxygen atoms in total. The van der Waals surface area contributed by atoms with Gasteiger partial charge in [-0.05, 0) is 64.7 Å². The summed E-state index contributed by atoms with van der Waals surface area (Å²) in [7, 11) is 0. The van der Waals surface area contributed by atoms with Crippen molar-refractivity contribution in [1.82, 2.24) is 10.0 Å². The second-order valence-electron chi connectivity index (χ2n) is 10.7. The van der Waals surface area contributed by atoms with Crippen LogP contribution < -0.4 is 0 Å². The van der Waals surface area contributed by atoms with Crippen LogP contribution in [-0.2, 0) is 9.59 Å². The zero-order valence-corrected chi connectivity index (χ0v) is 24.1. The van der Waals surface area contributed by atoms with Gasteiger partial charge in [0.1, 0.15) is 6.54 Å². The number of carbonyl (C=O) groups excluding carboxylic acids is 4. The quantitative estimate of drug-likeness (QED) is 0.183. The van der Waals surface area contributed by atoms with E-state index in [4.69, 9.17) is 34.8 Å². The van der Waals surface area contributed by atoms with E-state index >= 15 is 0 Å². The van der Waals surface area contributed by atoms with E-state index in [9.17, 15) is 19.2 Å². The highest BCUT2D eigenvalue weighted by molar-refractivity contribution is 6.37. The minimum absolute atomic E-state index is 0.100. The van der Waals surface area contributed by atoms with Gasteiger partial charge < -0.3 is 0 Å². The number of carbonyl (C=O) groups is 4. The largest absolute Gasteiger partial charge is 0.292 e. The van der Waals surface area contributed by atoms with Crippen molar-refractivity contribution in [2.75, 3.05) is 6.54 Å². The van der Waals surface area contributed by atoms with Gasteiger partial charge in [0.05, 0.1) is 16.9 Å². The number of hydrogen-bond acceptors (Lipinski definition) is 4. The lowest BCUT2D eigenvalue weighted by molar-refractivity contribution is -0.154. The molecular formula is C33H21Cl3N2O4. The molecule has 3 aliphatic carbocycles. The summed E-state index contributed by atoms with van der Waals surface area (Å²) in [6.45, 7) is -0.588. The molecule has 0 saturated carbocycles. The Morgan fingerprint density at radius 1 is 0.667 bits per heavy atom. The Bertz CT molecular complexity index is 1710. The third kappa shape index (κ3) is 4.01.